The molecule has 0 saturated carbocycles. The number of benzene rings is 2. The largest absolute Gasteiger partial charge is 0.483 e. The molecule has 0 amide bonds. The lowest BCUT2D eigenvalue weighted by molar-refractivity contribution is 0.0994. The molecule has 1 heterocycles. The van der Waals surface area contributed by atoms with Crippen LogP contribution in [0.15, 0.2) is 66.3 Å². The Kier molecular flexibility index (Phi) is 7.06. The highest BCUT2D eigenvalue weighted by atomic mass is 35.5. The SMILES string of the molecule is C=CCn1c(COc2ccccc2F)nnc1S[C@@H](C)C(=O)c1ccc(Cl)cc1. The van der Waals surface area contributed by atoms with Crippen molar-refractivity contribution in [2.45, 2.75) is 30.5 Å². The van der Waals surface area contributed by atoms with E-state index in [1.54, 1.807) is 53.1 Å². The van der Waals surface area contributed by atoms with Crippen LogP contribution < -0.4 is 4.74 Å². The van der Waals surface area contributed by atoms with Crippen molar-refractivity contribution >= 4 is 29.1 Å². The zero-order valence-corrected chi connectivity index (χ0v) is 17.3. The fraction of sp³-hybridized carbons (Fsp3) is 0.190. The summed E-state index contributed by atoms with van der Waals surface area (Å²) in [5.74, 6) is 0.172. The van der Waals surface area contributed by atoms with Crippen LogP contribution in [-0.2, 0) is 13.2 Å². The lowest BCUT2D eigenvalue weighted by Crippen LogP contribution is -2.15. The van der Waals surface area contributed by atoms with Gasteiger partial charge in [-0.1, -0.05) is 41.6 Å². The van der Waals surface area contributed by atoms with E-state index in [9.17, 15) is 9.18 Å². The van der Waals surface area contributed by atoms with E-state index in [0.29, 0.717) is 28.1 Å². The van der Waals surface area contributed by atoms with Crippen LogP contribution in [0.4, 0.5) is 4.39 Å². The molecule has 29 heavy (non-hydrogen) atoms. The molecule has 0 N–H and O–H groups in total. The first-order valence-electron chi connectivity index (χ1n) is 8.86. The van der Waals surface area contributed by atoms with Crippen LogP contribution in [0.25, 0.3) is 0 Å². The van der Waals surface area contributed by atoms with Gasteiger partial charge in [0.05, 0.1) is 5.25 Å². The predicted octanol–water partition coefficient (Wildman–Crippen LogP) is 5.20. The molecule has 150 valence electrons. The second-order valence-corrected chi connectivity index (χ2v) is 7.89. The summed E-state index contributed by atoms with van der Waals surface area (Å²) in [6.45, 7) is 6.05. The second kappa shape index (κ2) is 9.71. The maximum Gasteiger partial charge on any atom is 0.192 e. The Morgan fingerprint density at radius 2 is 2.00 bits per heavy atom. The second-order valence-electron chi connectivity index (χ2n) is 6.15. The van der Waals surface area contributed by atoms with Gasteiger partial charge in [-0.05, 0) is 43.3 Å². The fourth-order valence-corrected chi connectivity index (χ4v) is 3.67. The topological polar surface area (TPSA) is 57.0 Å². The van der Waals surface area contributed by atoms with Crippen molar-refractivity contribution < 1.29 is 13.9 Å². The summed E-state index contributed by atoms with van der Waals surface area (Å²) >= 11 is 7.18. The van der Waals surface area contributed by atoms with Gasteiger partial charge < -0.3 is 4.74 Å². The van der Waals surface area contributed by atoms with Crippen molar-refractivity contribution in [3.8, 4) is 5.75 Å². The molecule has 3 aromatic rings. The lowest BCUT2D eigenvalue weighted by atomic mass is 10.1. The Labute approximate surface area is 177 Å². The molecular weight excluding hydrogens is 413 g/mol. The molecule has 0 saturated heterocycles. The van der Waals surface area contributed by atoms with E-state index >= 15 is 0 Å². The number of para-hydroxylation sites is 1. The van der Waals surface area contributed by atoms with Crippen LogP contribution >= 0.6 is 23.4 Å². The van der Waals surface area contributed by atoms with Crippen LogP contribution in [0.3, 0.4) is 0 Å². The van der Waals surface area contributed by atoms with E-state index in [1.807, 2.05) is 6.92 Å². The van der Waals surface area contributed by atoms with E-state index < -0.39 is 5.82 Å². The number of carbonyl (C=O) groups is 1. The summed E-state index contributed by atoms with van der Waals surface area (Å²) in [5, 5.41) is 9.08. The average Bonchev–Trinajstić information content (AvgIpc) is 3.09. The van der Waals surface area contributed by atoms with Crippen molar-refractivity contribution in [2.24, 2.45) is 0 Å². The molecule has 2 aromatic carbocycles. The Bertz CT molecular complexity index is 1010. The van der Waals surface area contributed by atoms with Gasteiger partial charge in [0.1, 0.15) is 6.61 Å². The molecule has 5 nitrogen and oxygen atoms in total. The fourth-order valence-electron chi connectivity index (χ4n) is 2.59. The quantitative estimate of drug-likeness (QED) is 0.265. The van der Waals surface area contributed by atoms with Crippen LogP contribution in [0.1, 0.15) is 23.1 Å². The van der Waals surface area contributed by atoms with E-state index in [2.05, 4.69) is 16.8 Å². The lowest BCUT2D eigenvalue weighted by Gasteiger charge is -2.12. The number of Topliss-reactive ketones (excluding diaryl/α,β-unsaturated/α-hetero) is 1. The number of hydrogen-bond donors (Lipinski definition) is 0. The van der Waals surface area contributed by atoms with Crippen molar-refractivity contribution in [3.05, 3.63) is 83.4 Å². The van der Waals surface area contributed by atoms with Gasteiger partial charge in [0.2, 0.25) is 0 Å². The highest BCUT2D eigenvalue weighted by molar-refractivity contribution is 8.00. The summed E-state index contributed by atoms with van der Waals surface area (Å²) in [6.07, 6.45) is 1.70. The summed E-state index contributed by atoms with van der Waals surface area (Å²) in [6, 6.07) is 12.9. The minimum atomic E-state index is -0.445. The van der Waals surface area contributed by atoms with Gasteiger partial charge in [0, 0.05) is 17.1 Å². The van der Waals surface area contributed by atoms with Crippen molar-refractivity contribution in [2.75, 3.05) is 0 Å². The molecule has 3 rings (SSSR count). The third kappa shape index (κ3) is 5.25. The molecule has 0 bridgehead atoms. The highest BCUT2D eigenvalue weighted by Crippen LogP contribution is 2.26. The summed E-state index contributed by atoms with van der Waals surface area (Å²) in [5.41, 5.74) is 0.576. The van der Waals surface area contributed by atoms with Gasteiger partial charge >= 0.3 is 0 Å². The maximum absolute atomic E-state index is 13.8. The van der Waals surface area contributed by atoms with Crippen molar-refractivity contribution in [1.29, 1.82) is 0 Å². The number of thioether (sulfide) groups is 1. The van der Waals surface area contributed by atoms with Crippen LogP contribution in [-0.4, -0.2) is 25.8 Å². The number of allylic oxidation sites excluding steroid dienone is 1. The highest BCUT2D eigenvalue weighted by Gasteiger charge is 2.21. The van der Waals surface area contributed by atoms with Gasteiger partial charge in [0.15, 0.2) is 28.3 Å². The molecule has 0 aliphatic carbocycles. The molecule has 1 atom stereocenters. The zero-order chi connectivity index (χ0) is 20.8. The van der Waals surface area contributed by atoms with Crippen LogP contribution in [0, 0.1) is 5.82 Å². The van der Waals surface area contributed by atoms with Crippen LogP contribution in [0.5, 0.6) is 5.75 Å². The van der Waals surface area contributed by atoms with Crippen molar-refractivity contribution in [3.63, 3.8) is 0 Å². The number of nitrogens with zero attached hydrogens (tertiary/aromatic N) is 3. The number of halogens is 2. The van der Waals surface area contributed by atoms with E-state index in [1.165, 1.54) is 17.8 Å². The van der Waals surface area contributed by atoms with Crippen LogP contribution in [0.2, 0.25) is 5.02 Å². The number of ether oxygens (including phenoxy) is 1. The van der Waals surface area contributed by atoms with Gasteiger partial charge in [-0.15, -0.1) is 16.8 Å². The monoisotopic (exact) mass is 431 g/mol. The minimum absolute atomic E-state index is 0.0380. The Balaban J connectivity index is 1.73. The summed E-state index contributed by atoms with van der Waals surface area (Å²) in [4.78, 5) is 12.7. The predicted molar refractivity (Wildman–Crippen MR) is 112 cm³/mol. The molecule has 0 radical (unpaired) electrons. The molecule has 0 aliphatic rings. The number of hydrogen-bond acceptors (Lipinski definition) is 5. The van der Waals surface area contributed by atoms with Gasteiger partial charge in [0.25, 0.3) is 0 Å². The van der Waals surface area contributed by atoms with Gasteiger partial charge in [-0.3, -0.25) is 9.36 Å². The van der Waals surface area contributed by atoms with Gasteiger partial charge in [-0.25, -0.2) is 4.39 Å². The first-order chi connectivity index (χ1) is 14.0. The van der Waals surface area contributed by atoms with E-state index in [0.717, 1.165) is 0 Å². The number of aromatic nitrogens is 3. The molecular formula is C21H19ClFN3O2S. The number of ketones is 1. The third-order valence-corrected chi connectivity index (χ3v) is 5.41. The smallest absolute Gasteiger partial charge is 0.192 e. The number of rotatable bonds is 9. The minimum Gasteiger partial charge on any atom is -0.483 e. The molecule has 0 unspecified atom stereocenters. The Hall–Kier alpha value is -2.64. The Morgan fingerprint density at radius 3 is 2.69 bits per heavy atom. The van der Waals surface area contributed by atoms with E-state index in [4.69, 9.17) is 16.3 Å². The van der Waals surface area contributed by atoms with Crippen molar-refractivity contribution in [1.82, 2.24) is 14.8 Å². The third-order valence-electron chi connectivity index (χ3n) is 4.08. The van der Waals surface area contributed by atoms with E-state index in [-0.39, 0.29) is 23.4 Å². The normalized spacial score (nSPS) is 11.8. The molecule has 8 heteroatoms. The first-order valence-corrected chi connectivity index (χ1v) is 10.1. The Morgan fingerprint density at radius 1 is 1.28 bits per heavy atom. The average molecular weight is 432 g/mol. The number of carbonyl (C=O) groups excluding carboxylic acids is 1. The molecule has 0 aliphatic heterocycles. The molecule has 0 fully saturated rings. The summed E-state index contributed by atoms with van der Waals surface area (Å²) in [7, 11) is 0. The zero-order valence-electron chi connectivity index (χ0n) is 15.7. The first kappa shape index (κ1) is 21.1. The summed E-state index contributed by atoms with van der Waals surface area (Å²) < 4.78 is 21.1. The molecule has 1 aromatic heterocycles. The standard InChI is InChI=1S/C21H19ClFN3O2S/c1-3-12-26-19(13-28-18-7-5-4-6-17(18)23)24-25-21(26)29-14(2)20(27)15-8-10-16(22)11-9-15/h3-11,14H,1,12-13H2,2H3/t14-/m0/s1. The van der Waals surface area contributed by atoms with Gasteiger partial charge in [-0.2, -0.15) is 0 Å². The maximum atomic E-state index is 13.8. The molecule has 0 spiro atoms.